The highest BCUT2D eigenvalue weighted by atomic mass is 79.9. The van der Waals surface area contributed by atoms with Crippen molar-refractivity contribution in [2.45, 2.75) is 26.6 Å². The monoisotopic (exact) mass is 286 g/mol. The molecule has 0 saturated carbocycles. The standard InChI is InChI=1S/C12H15BrO3/c1-8(2)11(12(14)15)16-7-9-5-3-4-6-10(9)13/h3-6,8,11H,7H2,1-2H3,(H,14,15). The summed E-state index contributed by atoms with van der Waals surface area (Å²) in [7, 11) is 0. The van der Waals surface area contributed by atoms with Crippen LogP contribution in [0.3, 0.4) is 0 Å². The molecule has 0 amide bonds. The molecule has 0 saturated heterocycles. The summed E-state index contributed by atoms with van der Waals surface area (Å²) in [4.78, 5) is 10.9. The molecule has 1 N–H and O–H groups in total. The van der Waals surface area contributed by atoms with E-state index < -0.39 is 12.1 Å². The van der Waals surface area contributed by atoms with Crippen molar-refractivity contribution < 1.29 is 14.6 Å². The first-order chi connectivity index (χ1) is 7.52. The highest BCUT2D eigenvalue weighted by molar-refractivity contribution is 9.10. The second kappa shape index (κ2) is 6.01. The fourth-order valence-electron chi connectivity index (χ4n) is 1.34. The Hall–Kier alpha value is -0.870. The topological polar surface area (TPSA) is 46.5 Å². The molecule has 0 radical (unpaired) electrons. The number of carbonyl (C=O) groups is 1. The minimum atomic E-state index is -0.915. The van der Waals surface area contributed by atoms with E-state index in [4.69, 9.17) is 9.84 Å². The molecule has 16 heavy (non-hydrogen) atoms. The lowest BCUT2D eigenvalue weighted by Gasteiger charge is -2.17. The van der Waals surface area contributed by atoms with Gasteiger partial charge in [0.1, 0.15) is 0 Å². The zero-order valence-corrected chi connectivity index (χ0v) is 10.9. The number of benzene rings is 1. The molecular weight excluding hydrogens is 272 g/mol. The van der Waals surface area contributed by atoms with E-state index in [-0.39, 0.29) is 5.92 Å². The number of hydrogen-bond donors (Lipinski definition) is 1. The van der Waals surface area contributed by atoms with E-state index in [1.807, 2.05) is 38.1 Å². The number of ether oxygens (including phenoxy) is 1. The molecular formula is C12H15BrO3. The van der Waals surface area contributed by atoms with Crippen LogP contribution >= 0.6 is 15.9 Å². The van der Waals surface area contributed by atoms with Gasteiger partial charge in [0.05, 0.1) is 6.61 Å². The summed E-state index contributed by atoms with van der Waals surface area (Å²) in [5.41, 5.74) is 0.953. The quantitative estimate of drug-likeness (QED) is 0.905. The zero-order chi connectivity index (χ0) is 12.1. The summed E-state index contributed by atoms with van der Waals surface area (Å²) < 4.78 is 6.34. The molecule has 1 aromatic rings. The van der Waals surface area contributed by atoms with Crippen molar-refractivity contribution in [2.24, 2.45) is 5.92 Å². The first-order valence-electron chi connectivity index (χ1n) is 5.10. The Morgan fingerprint density at radius 3 is 2.56 bits per heavy atom. The van der Waals surface area contributed by atoms with Crippen molar-refractivity contribution in [3.8, 4) is 0 Å². The Kier molecular flexibility index (Phi) is 4.96. The molecule has 1 atom stereocenters. The molecule has 0 aliphatic heterocycles. The summed E-state index contributed by atoms with van der Waals surface area (Å²) in [6.45, 7) is 3.97. The Bertz CT molecular complexity index is 363. The second-order valence-corrected chi connectivity index (χ2v) is 4.76. The Balaban J connectivity index is 2.63. The van der Waals surface area contributed by atoms with Crippen LogP contribution in [0.15, 0.2) is 28.7 Å². The van der Waals surface area contributed by atoms with Gasteiger partial charge in [-0.3, -0.25) is 0 Å². The molecule has 0 aliphatic carbocycles. The average molecular weight is 287 g/mol. The van der Waals surface area contributed by atoms with Gasteiger partial charge in [-0.25, -0.2) is 4.79 Å². The van der Waals surface area contributed by atoms with Gasteiger partial charge < -0.3 is 9.84 Å². The van der Waals surface area contributed by atoms with Gasteiger partial charge in [0.25, 0.3) is 0 Å². The third-order valence-electron chi connectivity index (χ3n) is 2.23. The summed E-state index contributed by atoms with van der Waals surface area (Å²) in [6.07, 6.45) is -0.757. The summed E-state index contributed by atoms with van der Waals surface area (Å²) >= 11 is 3.39. The van der Waals surface area contributed by atoms with E-state index in [0.29, 0.717) is 6.61 Å². The van der Waals surface area contributed by atoms with Gasteiger partial charge in [-0.2, -0.15) is 0 Å². The van der Waals surface area contributed by atoms with Gasteiger partial charge in [-0.1, -0.05) is 48.0 Å². The lowest BCUT2D eigenvalue weighted by Crippen LogP contribution is -2.29. The Labute approximate surface area is 104 Å². The van der Waals surface area contributed by atoms with Gasteiger partial charge in [0.2, 0.25) is 0 Å². The van der Waals surface area contributed by atoms with Crippen molar-refractivity contribution in [1.29, 1.82) is 0 Å². The number of carboxylic acids is 1. The van der Waals surface area contributed by atoms with Gasteiger partial charge in [-0.05, 0) is 17.5 Å². The van der Waals surface area contributed by atoms with Crippen LogP contribution in [-0.2, 0) is 16.1 Å². The molecule has 1 aromatic carbocycles. The third-order valence-corrected chi connectivity index (χ3v) is 3.00. The zero-order valence-electron chi connectivity index (χ0n) is 9.31. The van der Waals surface area contributed by atoms with Crippen LogP contribution in [0, 0.1) is 5.92 Å². The Morgan fingerprint density at radius 1 is 1.44 bits per heavy atom. The van der Waals surface area contributed by atoms with Crippen LogP contribution in [-0.4, -0.2) is 17.2 Å². The van der Waals surface area contributed by atoms with Crippen LogP contribution in [0.1, 0.15) is 19.4 Å². The molecule has 0 heterocycles. The van der Waals surface area contributed by atoms with E-state index >= 15 is 0 Å². The number of halogens is 1. The van der Waals surface area contributed by atoms with E-state index in [2.05, 4.69) is 15.9 Å². The van der Waals surface area contributed by atoms with Gasteiger partial charge in [0.15, 0.2) is 6.10 Å². The van der Waals surface area contributed by atoms with Crippen LogP contribution in [0.5, 0.6) is 0 Å². The van der Waals surface area contributed by atoms with Gasteiger partial charge in [-0.15, -0.1) is 0 Å². The summed E-state index contributed by atoms with van der Waals surface area (Å²) in [6, 6.07) is 7.62. The number of aliphatic carboxylic acids is 1. The molecule has 1 unspecified atom stereocenters. The predicted molar refractivity (Wildman–Crippen MR) is 65.2 cm³/mol. The molecule has 88 valence electrons. The molecule has 3 nitrogen and oxygen atoms in total. The summed E-state index contributed by atoms with van der Waals surface area (Å²) in [5.74, 6) is -0.956. The fourth-order valence-corrected chi connectivity index (χ4v) is 1.74. The number of hydrogen-bond acceptors (Lipinski definition) is 2. The molecule has 1 rings (SSSR count). The molecule has 0 bridgehead atoms. The van der Waals surface area contributed by atoms with E-state index in [0.717, 1.165) is 10.0 Å². The van der Waals surface area contributed by atoms with E-state index in [1.165, 1.54) is 0 Å². The lowest BCUT2D eigenvalue weighted by atomic mass is 10.1. The van der Waals surface area contributed by atoms with E-state index in [9.17, 15) is 4.79 Å². The van der Waals surface area contributed by atoms with Crippen molar-refractivity contribution in [1.82, 2.24) is 0 Å². The third kappa shape index (κ3) is 3.61. The van der Waals surface area contributed by atoms with Crippen molar-refractivity contribution >= 4 is 21.9 Å². The van der Waals surface area contributed by atoms with Crippen LogP contribution in [0.2, 0.25) is 0 Å². The van der Waals surface area contributed by atoms with Crippen molar-refractivity contribution in [2.75, 3.05) is 0 Å². The normalized spacial score (nSPS) is 12.8. The number of carboxylic acid groups (broad SMARTS) is 1. The van der Waals surface area contributed by atoms with Crippen LogP contribution < -0.4 is 0 Å². The molecule has 0 spiro atoms. The maximum atomic E-state index is 10.9. The molecule has 0 aromatic heterocycles. The van der Waals surface area contributed by atoms with Crippen LogP contribution in [0.4, 0.5) is 0 Å². The fraction of sp³-hybridized carbons (Fsp3) is 0.417. The predicted octanol–water partition coefficient (Wildman–Crippen LogP) is 3.07. The van der Waals surface area contributed by atoms with Crippen LogP contribution in [0.25, 0.3) is 0 Å². The summed E-state index contributed by atoms with van der Waals surface area (Å²) in [5, 5.41) is 8.95. The molecule has 0 fully saturated rings. The highest BCUT2D eigenvalue weighted by Crippen LogP contribution is 2.18. The average Bonchev–Trinajstić information content (AvgIpc) is 2.20. The minimum absolute atomic E-state index is 0.0417. The Morgan fingerprint density at radius 2 is 2.06 bits per heavy atom. The van der Waals surface area contributed by atoms with Crippen molar-refractivity contribution in [3.05, 3.63) is 34.3 Å². The van der Waals surface area contributed by atoms with E-state index in [1.54, 1.807) is 0 Å². The number of rotatable bonds is 5. The first kappa shape index (κ1) is 13.2. The lowest BCUT2D eigenvalue weighted by molar-refractivity contribution is -0.154. The first-order valence-corrected chi connectivity index (χ1v) is 5.89. The highest BCUT2D eigenvalue weighted by Gasteiger charge is 2.22. The second-order valence-electron chi connectivity index (χ2n) is 3.91. The van der Waals surface area contributed by atoms with Gasteiger partial charge >= 0.3 is 5.97 Å². The SMILES string of the molecule is CC(C)C(OCc1ccccc1Br)C(=O)O. The molecule has 4 heteroatoms. The maximum absolute atomic E-state index is 10.9. The largest absolute Gasteiger partial charge is 0.479 e. The minimum Gasteiger partial charge on any atom is -0.479 e. The van der Waals surface area contributed by atoms with Gasteiger partial charge in [0, 0.05) is 4.47 Å². The van der Waals surface area contributed by atoms with Crippen molar-refractivity contribution in [3.63, 3.8) is 0 Å². The molecule has 0 aliphatic rings. The smallest absolute Gasteiger partial charge is 0.333 e. The maximum Gasteiger partial charge on any atom is 0.333 e.